The molecule has 0 spiro atoms. The van der Waals surface area contributed by atoms with E-state index in [4.69, 9.17) is 34.6 Å². The summed E-state index contributed by atoms with van der Waals surface area (Å²) in [6, 6.07) is 7.15. The van der Waals surface area contributed by atoms with Crippen LogP contribution in [0.5, 0.6) is 0 Å². The first kappa shape index (κ1) is 113. The normalized spacial score (nSPS) is 10.9. The van der Waals surface area contributed by atoms with E-state index in [-0.39, 0.29) is 151 Å². The summed E-state index contributed by atoms with van der Waals surface area (Å²) in [5.74, 6) is -0.784. The number of carbonyl (C=O) groups excluding carboxylic acids is 5. The van der Waals surface area contributed by atoms with Crippen LogP contribution in [0.3, 0.4) is 0 Å². The maximum atomic E-state index is 10.6. The Labute approximate surface area is 501 Å². The third-order valence-corrected chi connectivity index (χ3v) is 6.69. The van der Waals surface area contributed by atoms with Gasteiger partial charge < -0.3 is 55.0 Å². The molecule has 69 heavy (non-hydrogen) atoms. The molecule has 3 heterocycles. The van der Waals surface area contributed by atoms with Gasteiger partial charge in [-0.05, 0) is 37.0 Å². The van der Waals surface area contributed by atoms with E-state index in [1.165, 1.54) is 35.4 Å². The second kappa shape index (κ2) is 93.6. The van der Waals surface area contributed by atoms with Crippen molar-refractivity contribution in [3.05, 3.63) is 60.2 Å². The number of ether oxygens (including phenoxy) is 7. The number of rotatable bonds is 12. The van der Waals surface area contributed by atoms with Crippen molar-refractivity contribution < 1.29 is 127 Å². The van der Waals surface area contributed by atoms with Gasteiger partial charge in [-0.25, -0.2) is 0 Å². The van der Waals surface area contributed by atoms with Gasteiger partial charge in [-0.15, -0.1) is 0 Å². The Morgan fingerprint density at radius 1 is 0.754 bits per heavy atom. The second-order valence-electron chi connectivity index (χ2n) is 10.3. The third kappa shape index (κ3) is 81.9. The molecule has 0 bridgehead atoms. The molecule has 24 heteroatoms. The van der Waals surface area contributed by atoms with Gasteiger partial charge in [-0.2, -0.15) is 7.11 Å². The van der Waals surface area contributed by atoms with Crippen molar-refractivity contribution in [3.63, 3.8) is 0 Å². The van der Waals surface area contributed by atoms with Crippen LogP contribution in [0.1, 0.15) is 103 Å². The van der Waals surface area contributed by atoms with Crippen LogP contribution in [0.4, 0.5) is 0 Å². The Kier molecular flexibility index (Phi) is 154. The average molecular weight is 1310 g/mol. The molecule has 1 saturated heterocycles. The largest absolute Gasteiger partial charge is 1.00 e. The monoisotopic (exact) mass is 1310 g/mol. The van der Waals surface area contributed by atoms with Crippen molar-refractivity contribution in [3.8, 4) is 0 Å². The summed E-state index contributed by atoms with van der Waals surface area (Å²) in [6.07, 6.45) is 6.96. The minimum Gasteiger partial charge on any atom is -1.00 e. The Morgan fingerprint density at radius 3 is 1.30 bits per heavy atom. The van der Waals surface area contributed by atoms with Crippen LogP contribution in [0.2, 0.25) is 0 Å². The summed E-state index contributed by atoms with van der Waals surface area (Å²) in [6.45, 7) is 8.83. The number of aldehydes is 1. The number of hydrogen-bond donors (Lipinski definition) is 3. The van der Waals surface area contributed by atoms with Crippen LogP contribution < -0.4 is 53.5 Å². The van der Waals surface area contributed by atoms with Gasteiger partial charge in [0, 0.05) is 76.9 Å². The molecule has 1 aliphatic rings. The molecule has 3 N–H and O–H groups in total. The number of nitrogens with zero attached hydrogens (tertiary/aromatic N) is 2. The van der Waals surface area contributed by atoms with Gasteiger partial charge in [-0.3, -0.25) is 33.9 Å². The molecule has 0 aliphatic carbocycles. The van der Waals surface area contributed by atoms with Crippen molar-refractivity contribution in [1.29, 1.82) is 0 Å². The van der Waals surface area contributed by atoms with Crippen molar-refractivity contribution >= 4 is 109 Å². The van der Waals surface area contributed by atoms with Gasteiger partial charge in [0.05, 0.1) is 54.9 Å². The first-order valence-corrected chi connectivity index (χ1v) is 21.9. The van der Waals surface area contributed by atoms with Crippen LogP contribution in [0, 0.1) is 17.8 Å². The van der Waals surface area contributed by atoms with Crippen LogP contribution in [0.15, 0.2) is 49.1 Å². The van der Waals surface area contributed by atoms with E-state index in [1.807, 2.05) is 18.0 Å². The molecule has 2 aromatic rings. The topological polar surface area (TPSA) is 259 Å². The standard InChI is InChI=1S/C10H13NO2.C6H5NO.C6H10O4.C5H8O4.C4H8I2O.C4H10O2.CH3Br.CH4O.CH3O.7CH4.Al.Li.Na.4H/c1-8-6-12-10(13-7-8)9-2-4-11-5-3-9;8-5-6-1-3-7-4-2-6;1-4(5(7)9-2)6(8)10-3;1-8-4(6)3-5(7)9-2;5-1-3-7-4-2-6;1-4(2-5)3-6;3*1-2;;;;;;;;;;;;;;/h2-5,8,10H,6-7H2,1H3;1-5H;4H,1-3H3;3H2,1-2H3;1-4H2;4-6H,2-3H2,1H3;1H3;2H,1H3;1H3;7*1H4;;;;;;;/q;;;;;;;;-1;;;;;;;;;2*+1;;;;-1. The summed E-state index contributed by atoms with van der Waals surface area (Å²) in [5, 5.41) is 31.6. The molecular weight excluding hydrogens is 1220 g/mol. The number of aliphatic hydroxyl groups excluding tert-OH is 3. The number of aromatic nitrogens is 2. The van der Waals surface area contributed by atoms with Crippen molar-refractivity contribution in [2.24, 2.45) is 17.8 Å². The summed E-state index contributed by atoms with van der Waals surface area (Å²) >= 11 is 7.54. The van der Waals surface area contributed by atoms with Gasteiger partial charge in [0.1, 0.15) is 12.7 Å². The number of carbonyl (C=O) groups is 5. The van der Waals surface area contributed by atoms with E-state index >= 15 is 0 Å². The smallest absolute Gasteiger partial charge is 1.00 e. The van der Waals surface area contributed by atoms with Crippen LogP contribution in [-0.2, 0) is 52.3 Å². The van der Waals surface area contributed by atoms with Gasteiger partial charge in [0.25, 0.3) is 0 Å². The molecule has 1 aliphatic heterocycles. The molecule has 0 unspecified atom stereocenters. The van der Waals surface area contributed by atoms with Gasteiger partial charge >= 0.3 is 72.3 Å². The summed E-state index contributed by atoms with van der Waals surface area (Å²) in [7, 11) is 6.63. The third-order valence-electron chi connectivity index (χ3n) is 5.80. The molecule has 0 atom stereocenters. The Bertz CT molecular complexity index is 1200. The van der Waals surface area contributed by atoms with E-state index < -0.39 is 29.8 Å². The zero-order chi connectivity index (χ0) is 46.9. The number of alkyl halides is 3. The fourth-order valence-corrected chi connectivity index (χ4v) is 3.36. The molecule has 18 nitrogen and oxygen atoms in total. The van der Waals surface area contributed by atoms with Crippen LogP contribution in [0.25, 0.3) is 0 Å². The Balaban J connectivity index is -0.0000000309. The summed E-state index contributed by atoms with van der Waals surface area (Å²) < 4.78 is 35.3. The van der Waals surface area contributed by atoms with E-state index in [0.29, 0.717) is 11.5 Å². The van der Waals surface area contributed by atoms with E-state index in [2.05, 4.69) is 97.0 Å². The fraction of sp³-hybridized carbons (Fsp3) is 0.667. The van der Waals surface area contributed by atoms with E-state index in [9.17, 15) is 24.0 Å². The maximum absolute atomic E-state index is 10.6. The van der Waals surface area contributed by atoms with E-state index in [1.54, 1.807) is 43.8 Å². The van der Waals surface area contributed by atoms with Crippen molar-refractivity contribution in [2.75, 3.05) is 97.0 Å². The molecule has 408 valence electrons. The first-order valence-electron chi connectivity index (χ1n) is 17.3. The first-order chi connectivity index (χ1) is 28.3. The average Bonchev–Trinajstić information content (AvgIpc) is 3.31. The minimum atomic E-state index is -0.824. The van der Waals surface area contributed by atoms with Crippen LogP contribution in [-0.4, -0.2) is 170 Å². The quantitative estimate of drug-likeness (QED) is 0.0388. The maximum Gasteiger partial charge on any atom is 1.00 e. The fourth-order valence-electron chi connectivity index (χ4n) is 2.74. The predicted molar refractivity (Wildman–Crippen MR) is 299 cm³/mol. The SMILES string of the molecule is C.C.C.C.C.C.C.CBr.CC(CO)CO.CC1COC(c2ccncc2)OC1.CO.COC(=O)C(C)C(=O)OC.COC(=O)CC(=O)OC.C[O-].ICCOCCI.O=Cc1ccncc1.[AlH3].[H-].[Li+].[Na+]. The molecule has 0 radical (unpaired) electrons. The van der Waals surface area contributed by atoms with Gasteiger partial charge in [-0.1, -0.05) is 127 Å². The predicted octanol–water partition coefficient (Wildman–Crippen LogP) is 0.814. The summed E-state index contributed by atoms with van der Waals surface area (Å²) in [5.41, 5.74) is 1.71. The number of methoxy groups -OCH3 is 4. The molecule has 2 aromatic heterocycles. The number of aliphatic hydroxyl groups is 3. The minimum absolute atomic E-state index is 0. The molecule has 0 saturated carbocycles. The Hall–Kier alpha value is -0.360. The van der Waals surface area contributed by atoms with Crippen molar-refractivity contribution in [1.82, 2.24) is 9.97 Å². The van der Waals surface area contributed by atoms with Crippen LogP contribution >= 0.6 is 61.1 Å². The zero-order valence-electron chi connectivity index (χ0n) is 38.5. The molecule has 1 fully saturated rings. The number of esters is 4. The number of hydrogen-bond acceptors (Lipinski definition) is 18. The molecule has 0 amide bonds. The van der Waals surface area contributed by atoms with Gasteiger partial charge in [0.2, 0.25) is 0 Å². The number of pyridine rings is 2. The Morgan fingerprint density at radius 2 is 1.07 bits per heavy atom. The van der Waals surface area contributed by atoms with Gasteiger partial charge in [0.15, 0.2) is 29.6 Å². The molecule has 0 aromatic carbocycles. The van der Waals surface area contributed by atoms with E-state index in [0.717, 1.165) is 61.4 Å². The van der Waals surface area contributed by atoms with Crippen molar-refractivity contribution in [2.45, 2.75) is 85.5 Å². The molecular formula is C45H96AlBrI2LiN2NaO16. The second-order valence-corrected chi connectivity index (χ2v) is 12.5. The summed E-state index contributed by atoms with van der Waals surface area (Å²) in [4.78, 5) is 59.4. The zero-order valence-corrected chi connectivity index (χ0v) is 45.4. The molecule has 3 rings (SSSR count). The number of halogens is 3.